The number of nitrogens with one attached hydrogen (secondary N) is 1. The molecule has 2 rings (SSSR count). The molecule has 1 amide bonds. The fraction of sp³-hybridized carbons (Fsp3) is 0.200. The highest BCUT2D eigenvalue weighted by molar-refractivity contribution is 7.80. The van der Waals surface area contributed by atoms with E-state index in [0.717, 1.165) is 5.56 Å². The highest BCUT2D eigenvalue weighted by atomic mass is 32.1. The first-order chi connectivity index (χ1) is 8.09. The van der Waals surface area contributed by atoms with Crippen LogP contribution < -0.4 is 16.8 Å². The molecule has 0 aromatic carbocycles. The van der Waals surface area contributed by atoms with Gasteiger partial charge < -0.3 is 21.7 Å². The number of pyridine rings is 1. The smallest absolute Gasteiger partial charge is 0.273 e. The molecule has 1 unspecified atom stereocenters. The third-order valence-corrected chi connectivity index (χ3v) is 2.87. The van der Waals surface area contributed by atoms with Crippen molar-refractivity contribution >= 4 is 18.5 Å². The normalized spacial score (nSPS) is 20.4. The Balaban J connectivity index is 2.23. The van der Waals surface area contributed by atoms with Crippen LogP contribution in [0.3, 0.4) is 0 Å². The predicted octanol–water partition coefficient (Wildman–Crippen LogP) is -0.687. The fourth-order valence-electron chi connectivity index (χ4n) is 1.54. The van der Waals surface area contributed by atoms with Crippen molar-refractivity contribution in [3.05, 3.63) is 41.6 Å². The van der Waals surface area contributed by atoms with Crippen LogP contribution in [0.25, 0.3) is 0 Å². The number of rotatable bonds is 2. The molecule has 90 valence electrons. The van der Waals surface area contributed by atoms with E-state index in [-0.39, 0.29) is 11.5 Å². The van der Waals surface area contributed by atoms with E-state index in [0.29, 0.717) is 6.54 Å². The van der Waals surface area contributed by atoms with Crippen LogP contribution in [0.2, 0.25) is 0 Å². The molecule has 2 heterocycles. The van der Waals surface area contributed by atoms with E-state index in [1.165, 1.54) is 0 Å². The van der Waals surface area contributed by atoms with E-state index >= 15 is 0 Å². The Hall–Kier alpha value is -1.89. The number of hydrogen-bond donors (Lipinski definition) is 4. The minimum absolute atomic E-state index is 0.0131. The third-order valence-electron chi connectivity index (χ3n) is 2.46. The first kappa shape index (κ1) is 11.6. The Morgan fingerprint density at radius 1 is 1.53 bits per heavy atom. The zero-order valence-corrected chi connectivity index (χ0v) is 9.89. The summed E-state index contributed by atoms with van der Waals surface area (Å²) < 4.78 is 0. The van der Waals surface area contributed by atoms with E-state index in [1.54, 1.807) is 17.3 Å². The Morgan fingerprint density at radius 3 is 2.94 bits per heavy atom. The van der Waals surface area contributed by atoms with Crippen molar-refractivity contribution in [1.29, 1.82) is 0 Å². The maximum atomic E-state index is 11.4. The summed E-state index contributed by atoms with van der Waals surface area (Å²) in [6.45, 7) is 0.481. The van der Waals surface area contributed by atoms with Gasteiger partial charge in [-0.05, 0) is 11.6 Å². The maximum Gasteiger partial charge on any atom is 0.273 e. The zero-order valence-electron chi connectivity index (χ0n) is 9.00. The molecule has 0 fully saturated rings. The summed E-state index contributed by atoms with van der Waals surface area (Å²) in [5, 5.41) is 2.60. The number of nitrogens with zero attached hydrogens (tertiary/aromatic N) is 2. The van der Waals surface area contributed by atoms with Gasteiger partial charge in [0, 0.05) is 18.9 Å². The van der Waals surface area contributed by atoms with E-state index in [4.69, 9.17) is 11.5 Å². The summed E-state index contributed by atoms with van der Waals surface area (Å²) >= 11 is 4.25. The molecular formula is C10H13N5OS. The van der Waals surface area contributed by atoms with Gasteiger partial charge in [0.1, 0.15) is 17.0 Å². The van der Waals surface area contributed by atoms with Crippen molar-refractivity contribution in [3.63, 3.8) is 0 Å². The van der Waals surface area contributed by atoms with Crippen LogP contribution in [0.15, 0.2) is 36.0 Å². The van der Waals surface area contributed by atoms with E-state index in [1.807, 2.05) is 12.1 Å². The number of thiol groups is 1. The van der Waals surface area contributed by atoms with Crippen LogP contribution in [0.4, 0.5) is 0 Å². The minimum Gasteiger partial charge on any atom is -0.391 e. The molecule has 6 nitrogen and oxygen atoms in total. The van der Waals surface area contributed by atoms with Crippen molar-refractivity contribution < 1.29 is 4.79 Å². The van der Waals surface area contributed by atoms with Crippen LogP contribution >= 0.6 is 12.6 Å². The summed E-state index contributed by atoms with van der Waals surface area (Å²) in [6.07, 6.45) is 3.41. The van der Waals surface area contributed by atoms with Crippen molar-refractivity contribution in [3.8, 4) is 0 Å². The lowest BCUT2D eigenvalue weighted by Crippen LogP contribution is -2.53. The van der Waals surface area contributed by atoms with Gasteiger partial charge in [-0.1, -0.05) is 6.07 Å². The molecule has 0 radical (unpaired) electrons. The van der Waals surface area contributed by atoms with Crippen molar-refractivity contribution in [2.24, 2.45) is 11.5 Å². The first-order valence-corrected chi connectivity index (χ1v) is 5.51. The molecule has 5 N–H and O–H groups in total. The lowest BCUT2D eigenvalue weighted by Gasteiger charge is -2.35. The Kier molecular flexibility index (Phi) is 3.10. The van der Waals surface area contributed by atoms with Crippen molar-refractivity contribution in [2.75, 3.05) is 0 Å². The van der Waals surface area contributed by atoms with E-state index in [9.17, 15) is 4.79 Å². The third kappa shape index (κ3) is 2.28. The number of carbonyl (C=O) groups is 1. The average Bonchev–Trinajstić information content (AvgIpc) is 2.33. The number of hydrogen-bond acceptors (Lipinski definition) is 6. The highest BCUT2D eigenvalue weighted by Gasteiger charge is 2.28. The molecule has 0 aliphatic carbocycles. The number of carbonyl (C=O) groups excluding carboxylic acids is 1. The molecule has 1 aromatic heterocycles. The van der Waals surface area contributed by atoms with Gasteiger partial charge in [-0.2, -0.15) is 0 Å². The molecule has 0 bridgehead atoms. The number of aromatic nitrogens is 1. The standard InChI is InChI=1S/C10H13N5OS/c11-7-8(12)15(10(17)14-9(7)16)5-6-2-1-3-13-4-6/h1-4,10,17H,5,11-12H2,(H,14,16). The molecule has 0 saturated heterocycles. The molecule has 0 spiro atoms. The minimum atomic E-state index is -0.491. The van der Waals surface area contributed by atoms with Gasteiger partial charge >= 0.3 is 0 Å². The van der Waals surface area contributed by atoms with Crippen molar-refractivity contribution in [1.82, 2.24) is 15.2 Å². The Labute approximate surface area is 104 Å². The molecule has 1 aromatic rings. The monoisotopic (exact) mass is 251 g/mol. The summed E-state index contributed by atoms with van der Waals surface area (Å²) in [5.74, 6) is -0.164. The summed E-state index contributed by atoms with van der Waals surface area (Å²) in [4.78, 5) is 17.0. The molecule has 1 aliphatic rings. The van der Waals surface area contributed by atoms with Crippen LogP contribution in [0, 0.1) is 0 Å². The lowest BCUT2D eigenvalue weighted by atomic mass is 10.2. The van der Waals surface area contributed by atoms with Gasteiger partial charge in [-0.15, -0.1) is 12.6 Å². The second-order valence-electron chi connectivity index (χ2n) is 3.64. The SMILES string of the molecule is NC1=C(N)N(Cc2cccnc2)C(S)NC1=O. The first-order valence-electron chi connectivity index (χ1n) is 4.99. The molecule has 17 heavy (non-hydrogen) atoms. The second-order valence-corrected chi connectivity index (χ2v) is 4.12. The van der Waals surface area contributed by atoms with Gasteiger partial charge in [0.2, 0.25) is 0 Å². The molecular weight excluding hydrogens is 238 g/mol. The molecule has 1 aliphatic heterocycles. The van der Waals surface area contributed by atoms with Crippen LogP contribution in [0.5, 0.6) is 0 Å². The summed E-state index contributed by atoms with van der Waals surface area (Å²) in [6, 6.07) is 3.74. The topological polar surface area (TPSA) is 97.3 Å². The molecule has 0 saturated carbocycles. The number of amides is 1. The van der Waals surface area contributed by atoms with E-state index in [2.05, 4.69) is 22.9 Å². The van der Waals surface area contributed by atoms with Gasteiger partial charge in [-0.25, -0.2) is 0 Å². The lowest BCUT2D eigenvalue weighted by molar-refractivity contribution is -0.119. The second kappa shape index (κ2) is 4.54. The Bertz CT molecular complexity index is 461. The zero-order chi connectivity index (χ0) is 12.4. The number of nitrogens with two attached hydrogens (primary N) is 2. The van der Waals surface area contributed by atoms with Gasteiger partial charge in [0.15, 0.2) is 0 Å². The molecule has 7 heteroatoms. The summed E-state index contributed by atoms with van der Waals surface area (Å²) in [7, 11) is 0. The van der Waals surface area contributed by atoms with Gasteiger partial charge in [0.25, 0.3) is 5.91 Å². The quantitative estimate of drug-likeness (QED) is 0.522. The highest BCUT2D eigenvalue weighted by Crippen LogP contribution is 2.17. The maximum absolute atomic E-state index is 11.4. The van der Waals surface area contributed by atoms with Gasteiger partial charge in [0.05, 0.1) is 0 Å². The Morgan fingerprint density at radius 2 is 2.29 bits per heavy atom. The van der Waals surface area contributed by atoms with Crippen LogP contribution in [0.1, 0.15) is 5.56 Å². The molecule has 1 atom stereocenters. The summed E-state index contributed by atoms with van der Waals surface area (Å²) in [5.41, 5.74) is 11.9. The van der Waals surface area contributed by atoms with E-state index < -0.39 is 11.4 Å². The van der Waals surface area contributed by atoms with Crippen molar-refractivity contribution in [2.45, 2.75) is 12.0 Å². The van der Waals surface area contributed by atoms with Gasteiger partial charge in [-0.3, -0.25) is 9.78 Å². The predicted molar refractivity (Wildman–Crippen MR) is 66.1 cm³/mol. The average molecular weight is 251 g/mol. The fourth-order valence-corrected chi connectivity index (χ4v) is 1.86. The van der Waals surface area contributed by atoms with Crippen LogP contribution in [-0.4, -0.2) is 21.3 Å². The largest absolute Gasteiger partial charge is 0.391 e. The van der Waals surface area contributed by atoms with Crippen LogP contribution in [-0.2, 0) is 11.3 Å².